The summed E-state index contributed by atoms with van der Waals surface area (Å²) in [6.07, 6.45) is 0.207. The maximum atomic E-state index is 10.7. The minimum absolute atomic E-state index is 0.100. The normalized spacial score (nSPS) is 11.1. The maximum absolute atomic E-state index is 10.7. The van der Waals surface area contributed by atoms with Crippen LogP contribution in [-0.4, -0.2) is 28.3 Å². The Hall–Kier alpha value is -2.60. The molecule has 1 aromatic carbocycles. The van der Waals surface area contributed by atoms with E-state index in [0.717, 1.165) is 27.4 Å². The van der Waals surface area contributed by atoms with Crippen LogP contribution in [0.3, 0.4) is 0 Å². The van der Waals surface area contributed by atoms with Crippen molar-refractivity contribution in [3.8, 4) is 5.88 Å². The lowest BCUT2D eigenvalue weighted by Gasteiger charge is -2.06. The third-order valence-corrected chi connectivity index (χ3v) is 3.43. The second-order valence-electron chi connectivity index (χ2n) is 4.74. The second-order valence-corrected chi connectivity index (χ2v) is 4.74. The van der Waals surface area contributed by atoms with Gasteiger partial charge in [0.2, 0.25) is 5.88 Å². The van der Waals surface area contributed by atoms with E-state index >= 15 is 0 Å². The molecule has 2 aromatic heterocycles. The van der Waals surface area contributed by atoms with Gasteiger partial charge in [0.15, 0.2) is 0 Å². The summed E-state index contributed by atoms with van der Waals surface area (Å²) in [6, 6.07) is 5.89. The molecule has 0 bridgehead atoms. The molecular formula is C15H14N2O4. The van der Waals surface area contributed by atoms with Gasteiger partial charge in [-0.1, -0.05) is 12.1 Å². The van der Waals surface area contributed by atoms with Crippen molar-refractivity contribution in [2.45, 2.75) is 13.5 Å². The Balaban J connectivity index is 2.34. The van der Waals surface area contributed by atoms with Crippen LogP contribution in [0.1, 0.15) is 11.1 Å². The van der Waals surface area contributed by atoms with Crippen LogP contribution in [0.5, 0.6) is 5.88 Å². The number of fused-ring (bicyclic) bond motifs is 3. The molecule has 21 heavy (non-hydrogen) atoms. The van der Waals surface area contributed by atoms with Gasteiger partial charge in [-0.3, -0.25) is 0 Å². The zero-order chi connectivity index (χ0) is 15.0. The first kappa shape index (κ1) is 13.4. The summed E-state index contributed by atoms with van der Waals surface area (Å²) in [5, 5.41) is 10.7. The van der Waals surface area contributed by atoms with Gasteiger partial charge in [-0.05, 0) is 18.6 Å². The summed E-state index contributed by atoms with van der Waals surface area (Å²) in [5.41, 5.74) is 3.50. The summed E-state index contributed by atoms with van der Waals surface area (Å²) in [6.45, 7) is 2.27. The van der Waals surface area contributed by atoms with E-state index in [1.54, 1.807) is 20.2 Å². The zero-order valence-corrected chi connectivity index (χ0v) is 11.6. The molecule has 0 aliphatic carbocycles. The number of hydrogen-bond acceptors (Lipinski definition) is 4. The SMILES string of the molecule is COCc1cccc2[nH]c3cnc(OC(=O)O)c(C)c3c12. The molecule has 0 aliphatic rings. The number of carboxylic acid groups (broad SMARTS) is 1. The smallest absolute Gasteiger partial charge is 0.449 e. The van der Waals surface area contributed by atoms with Gasteiger partial charge in [0, 0.05) is 29.0 Å². The van der Waals surface area contributed by atoms with Crippen LogP contribution in [0.25, 0.3) is 21.8 Å². The molecule has 0 spiro atoms. The molecule has 0 aliphatic heterocycles. The third-order valence-electron chi connectivity index (χ3n) is 3.43. The number of nitrogens with one attached hydrogen (secondary N) is 1. The summed E-state index contributed by atoms with van der Waals surface area (Å²) in [4.78, 5) is 18.1. The van der Waals surface area contributed by atoms with Crippen LogP contribution in [0.4, 0.5) is 4.79 Å². The average molecular weight is 286 g/mol. The largest absolute Gasteiger partial charge is 0.512 e. The molecule has 0 radical (unpaired) electrons. The van der Waals surface area contributed by atoms with Gasteiger partial charge in [-0.2, -0.15) is 0 Å². The Bertz CT molecular complexity index is 838. The number of rotatable bonds is 3. The first-order valence-electron chi connectivity index (χ1n) is 6.40. The van der Waals surface area contributed by atoms with E-state index in [9.17, 15) is 4.79 Å². The number of ether oxygens (including phenoxy) is 2. The Morgan fingerprint density at radius 1 is 1.33 bits per heavy atom. The number of aryl methyl sites for hydroxylation is 1. The Labute approximate surface area is 120 Å². The Kier molecular flexibility index (Phi) is 3.23. The lowest BCUT2D eigenvalue weighted by molar-refractivity contribution is 0.142. The van der Waals surface area contributed by atoms with Crippen LogP contribution < -0.4 is 4.74 Å². The molecule has 0 fully saturated rings. The predicted molar refractivity (Wildman–Crippen MR) is 77.7 cm³/mol. The molecule has 0 unspecified atom stereocenters. The third kappa shape index (κ3) is 2.19. The number of aromatic nitrogens is 2. The fraction of sp³-hybridized carbons (Fsp3) is 0.200. The van der Waals surface area contributed by atoms with Gasteiger partial charge in [-0.25, -0.2) is 9.78 Å². The average Bonchev–Trinajstić information content (AvgIpc) is 2.82. The molecule has 6 nitrogen and oxygen atoms in total. The van der Waals surface area contributed by atoms with Crippen molar-refractivity contribution >= 4 is 28.0 Å². The van der Waals surface area contributed by atoms with Crippen LogP contribution in [0.2, 0.25) is 0 Å². The lowest BCUT2D eigenvalue weighted by atomic mass is 10.0. The minimum atomic E-state index is -1.37. The van der Waals surface area contributed by atoms with Gasteiger partial charge < -0.3 is 19.6 Å². The second kappa shape index (κ2) is 5.06. The van der Waals surface area contributed by atoms with Crippen LogP contribution >= 0.6 is 0 Å². The molecule has 2 N–H and O–H groups in total. The van der Waals surface area contributed by atoms with Crippen LogP contribution in [0, 0.1) is 6.92 Å². The molecular weight excluding hydrogens is 272 g/mol. The molecule has 3 rings (SSSR count). The highest BCUT2D eigenvalue weighted by Crippen LogP contribution is 2.34. The highest BCUT2D eigenvalue weighted by Gasteiger charge is 2.16. The van der Waals surface area contributed by atoms with E-state index in [-0.39, 0.29) is 5.88 Å². The van der Waals surface area contributed by atoms with Crippen molar-refractivity contribution in [1.82, 2.24) is 9.97 Å². The Morgan fingerprint density at radius 2 is 2.14 bits per heavy atom. The van der Waals surface area contributed by atoms with Crippen molar-refractivity contribution < 1.29 is 19.4 Å². The molecule has 108 valence electrons. The van der Waals surface area contributed by atoms with E-state index < -0.39 is 6.16 Å². The topological polar surface area (TPSA) is 84.4 Å². The minimum Gasteiger partial charge on any atom is -0.449 e. The van der Waals surface area contributed by atoms with Gasteiger partial charge in [0.25, 0.3) is 0 Å². The van der Waals surface area contributed by atoms with Gasteiger partial charge in [0.05, 0.1) is 18.3 Å². The summed E-state index contributed by atoms with van der Waals surface area (Å²) >= 11 is 0. The van der Waals surface area contributed by atoms with E-state index in [1.807, 2.05) is 18.2 Å². The molecule has 0 saturated heterocycles. The number of H-pyrrole nitrogens is 1. The number of pyridine rings is 1. The van der Waals surface area contributed by atoms with Crippen molar-refractivity contribution in [2.75, 3.05) is 7.11 Å². The zero-order valence-electron chi connectivity index (χ0n) is 11.6. The summed E-state index contributed by atoms with van der Waals surface area (Å²) in [5.74, 6) is 0.100. The molecule has 6 heteroatoms. The number of nitrogens with zero attached hydrogens (tertiary/aromatic N) is 1. The van der Waals surface area contributed by atoms with Gasteiger partial charge in [0.1, 0.15) is 0 Å². The number of methoxy groups -OCH3 is 1. The fourth-order valence-electron chi connectivity index (χ4n) is 2.62. The highest BCUT2D eigenvalue weighted by atomic mass is 16.7. The van der Waals surface area contributed by atoms with E-state index in [2.05, 4.69) is 9.97 Å². The van der Waals surface area contributed by atoms with Crippen molar-refractivity contribution in [3.05, 3.63) is 35.5 Å². The number of carbonyl (C=O) groups is 1. The van der Waals surface area contributed by atoms with Crippen molar-refractivity contribution in [1.29, 1.82) is 0 Å². The molecule has 0 amide bonds. The lowest BCUT2D eigenvalue weighted by Crippen LogP contribution is -2.06. The maximum Gasteiger partial charge on any atom is 0.512 e. The highest BCUT2D eigenvalue weighted by molar-refractivity contribution is 6.10. The van der Waals surface area contributed by atoms with Crippen LogP contribution in [0.15, 0.2) is 24.4 Å². The molecule has 0 saturated carbocycles. The first-order valence-corrected chi connectivity index (χ1v) is 6.40. The van der Waals surface area contributed by atoms with Gasteiger partial charge >= 0.3 is 6.16 Å². The first-order chi connectivity index (χ1) is 10.1. The standard InChI is InChI=1S/C15H14N2O4/c1-8-12-11(6-16-14(8)21-15(18)19)17-10-5-3-4-9(7-20-2)13(10)12/h3-6,17H,7H2,1-2H3,(H,18,19). The predicted octanol–water partition coefficient (Wildman–Crippen LogP) is 3.23. The number of aromatic amines is 1. The fourth-order valence-corrected chi connectivity index (χ4v) is 2.62. The monoisotopic (exact) mass is 286 g/mol. The van der Waals surface area contributed by atoms with E-state index in [0.29, 0.717) is 12.2 Å². The van der Waals surface area contributed by atoms with Crippen molar-refractivity contribution in [2.24, 2.45) is 0 Å². The molecule has 3 aromatic rings. The van der Waals surface area contributed by atoms with Crippen LogP contribution in [-0.2, 0) is 11.3 Å². The van der Waals surface area contributed by atoms with Crippen molar-refractivity contribution in [3.63, 3.8) is 0 Å². The summed E-state index contributed by atoms with van der Waals surface area (Å²) < 4.78 is 9.97. The van der Waals surface area contributed by atoms with E-state index in [1.165, 1.54) is 0 Å². The molecule has 0 atom stereocenters. The quantitative estimate of drug-likeness (QED) is 0.722. The number of benzene rings is 1. The molecule has 2 heterocycles. The van der Waals surface area contributed by atoms with E-state index in [4.69, 9.17) is 14.6 Å². The number of hydrogen-bond donors (Lipinski definition) is 2. The van der Waals surface area contributed by atoms with Gasteiger partial charge in [-0.15, -0.1) is 0 Å². The summed E-state index contributed by atoms with van der Waals surface area (Å²) in [7, 11) is 1.64. The Morgan fingerprint density at radius 3 is 2.86 bits per heavy atom.